The number of nitrogens with zero attached hydrogens (tertiary/aromatic N) is 3. The van der Waals surface area contributed by atoms with Gasteiger partial charge >= 0.3 is 6.03 Å². The topological polar surface area (TPSA) is 93.2 Å². The number of carbonyl (C=O) groups excluding carboxylic acids is 2. The molecule has 0 aromatic carbocycles. The number of urea groups is 1. The summed E-state index contributed by atoms with van der Waals surface area (Å²) < 4.78 is 1.88. The Hall–Kier alpha value is -2.05. The zero-order chi connectivity index (χ0) is 16.8. The quantitative estimate of drug-likeness (QED) is 0.795. The normalized spacial score (nSPS) is 18.9. The Labute approximate surface area is 137 Å². The van der Waals surface area contributed by atoms with Crippen LogP contribution in [0.5, 0.6) is 0 Å². The first-order valence-electron chi connectivity index (χ1n) is 8.36. The van der Waals surface area contributed by atoms with Crippen LogP contribution in [0.25, 0.3) is 0 Å². The number of hydrogen-bond acceptors (Lipinski definition) is 3. The van der Waals surface area contributed by atoms with Crippen LogP contribution in [0.2, 0.25) is 0 Å². The van der Waals surface area contributed by atoms with Crippen molar-refractivity contribution in [2.24, 2.45) is 5.73 Å². The Morgan fingerprint density at radius 3 is 2.91 bits per heavy atom. The largest absolute Gasteiger partial charge is 0.352 e. The van der Waals surface area contributed by atoms with Crippen LogP contribution in [-0.2, 0) is 11.3 Å². The van der Waals surface area contributed by atoms with E-state index in [1.54, 1.807) is 0 Å². The highest BCUT2D eigenvalue weighted by Crippen LogP contribution is 2.21. The molecule has 2 rings (SSSR count). The summed E-state index contributed by atoms with van der Waals surface area (Å²) in [6.45, 7) is 5.48. The summed E-state index contributed by atoms with van der Waals surface area (Å²) in [5, 5.41) is 6.91. The molecule has 3 amide bonds. The number of amides is 3. The van der Waals surface area contributed by atoms with E-state index in [4.69, 9.17) is 5.73 Å². The SMILES string of the molecule is CCCCC(NC(N)=O)C(=O)N1CCCC1Cn1cc(C)cn1. The number of aromatic nitrogens is 2. The van der Waals surface area contributed by atoms with Gasteiger partial charge in [-0.1, -0.05) is 19.8 Å². The van der Waals surface area contributed by atoms with Crippen molar-refractivity contribution in [3.63, 3.8) is 0 Å². The van der Waals surface area contributed by atoms with Gasteiger partial charge in [0.25, 0.3) is 0 Å². The van der Waals surface area contributed by atoms with Crippen molar-refractivity contribution in [3.05, 3.63) is 18.0 Å². The molecule has 2 heterocycles. The fourth-order valence-electron chi connectivity index (χ4n) is 3.14. The maximum Gasteiger partial charge on any atom is 0.312 e. The number of likely N-dealkylation sites (tertiary alicyclic amines) is 1. The minimum atomic E-state index is -0.641. The lowest BCUT2D eigenvalue weighted by Crippen LogP contribution is -2.52. The average molecular weight is 321 g/mol. The molecule has 1 aliphatic heterocycles. The van der Waals surface area contributed by atoms with E-state index < -0.39 is 12.1 Å². The molecule has 23 heavy (non-hydrogen) atoms. The summed E-state index contributed by atoms with van der Waals surface area (Å²) >= 11 is 0. The third-order valence-electron chi connectivity index (χ3n) is 4.28. The Balaban J connectivity index is 2.03. The molecule has 1 saturated heterocycles. The summed E-state index contributed by atoms with van der Waals surface area (Å²) in [6, 6.07) is -1.04. The molecule has 0 spiro atoms. The van der Waals surface area contributed by atoms with Gasteiger partial charge < -0.3 is 16.0 Å². The second kappa shape index (κ2) is 7.99. The summed E-state index contributed by atoms with van der Waals surface area (Å²) in [4.78, 5) is 25.9. The zero-order valence-electron chi connectivity index (χ0n) is 14.0. The number of nitrogens with one attached hydrogen (secondary N) is 1. The molecule has 7 heteroatoms. The fraction of sp³-hybridized carbons (Fsp3) is 0.688. The highest BCUT2D eigenvalue weighted by molar-refractivity contribution is 5.86. The van der Waals surface area contributed by atoms with E-state index in [1.807, 2.05) is 28.9 Å². The average Bonchev–Trinajstić information content (AvgIpc) is 3.12. The zero-order valence-corrected chi connectivity index (χ0v) is 14.0. The summed E-state index contributed by atoms with van der Waals surface area (Å²) in [7, 11) is 0. The van der Waals surface area contributed by atoms with Crippen LogP contribution in [0.3, 0.4) is 0 Å². The molecule has 2 atom stereocenters. The lowest BCUT2D eigenvalue weighted by Gasteiger charge is -2.29. The van der Waals surface area contributed by atoms with Crippen LogP contribution in [0, 0.1) is 6.92 Å². The number of hydrogen-bond donors (Lipinski definition) is 2. The van der Waals surface area contributed by atoms with Gasteiger partial charge in [0.1, 0.15) is 6.04 Å². The Kier molecular flexibility index (Phi) is 6.01. The maximum atomic E-state index is 12.8. The number of nitrogens with two attached hydrogens (primary N) is 1. The van der Waals surface area contributed by atoms with Crippen molar-refractivity contribution >= 4 is 11.9 Å². The lowest BCUT2D eigenvalue weighted by atomic mass is 10.1. The number of unbranched alkanes of at least 4 members (excludes halogenated alkanes) is 1. The van der Waals surface area contributed by atoms with Crippen molar-refractivity contribution in [1.82, 2.24) is 20.0 Å². The van der Waals surface area contributed by atoms with Crippen molar-refractivity contribution in [1.29, 1.82) is 0 Å². The smallest absolute Gasteiger partial charge is 0.312 e. The predicted molar refractivity (Wildman–Crippen MR) is 87.7 cm³/mol. The summed E-state index contributed by atoms with van der Waals surface area (Å²) in [5.41, 5.74) is 6.34. The van der Waals surface area contributed by atoms with Crippen molar-refractivity contribution in [2.75, 3.05) is 6.54 Å². The summed E-state index contributed by atoms with van der Waals surface area (Å²) in [6.07, 6.45) is 8.22. The Bertz CT molecular complexity index is 542. The van der Waals surface area contributed by atoms with Gasteiger partial charge in [-0.2, -0.15) is 5.10 Å². The molecule has 1 aromatic rings. The van der Waals surface area contributed by atoms with E-state index in [1.165, 1.54) is 0 Å². The van der Waals surface area contributed by atoms with Crippen LogP contribution < -0.4 is 11.1 Å². The third kappa shape index (κ3) is 4.71. The van der Waals surface area contributed by atoms with E-state index in [2.05, 4.69) is 17.3 Å². The molecule has 0 radical (unpaired) electrons. The first-order valence-corrected chi connectivity index (χ1v) is 8.36. The minimum absolute atomic E-state index is 0.0244. The van der Waals surface area contributed by atoms with Gasteiger partial charge in [0.2, 0.25) is 5.91 Å². The molecule has 0 bridgehead atoms. The standard InChI is InChI=1S/C16H27N5O2/c1-3-4-7-14(19-16(17)23)15(22)21-8-5-6-13(21)11-20-10-12(2)9-18-20/h9-10,13-14H,3-8,11H2,1-2H3,(H3,17,19,23). The van der Waals surface area contributed by atoms with Gasteiger partial charge in [-0.25, -0.2) is 4.79 Å². The van der Waals surface area contributed by atoms with Gasteiger partial charge in [0.05, 0.1) is 18.8 Å². The number of aryl methyl sites for hydroxylation is 1. The second-order valence-electron chi connectivity index (χ2n) is 6.27. The van der Waals surface area contributed by atoms with Crippen LogP contribution in [-0.4, -0.2) is 45.2 Å². The highest BCUT2D eigenvalue weighted by atomic mass is 16.2. The first kappa shape index (κ1) is 17.3. The van der Waals surface area contributed by atoms with Gasteiger partial charge in [0, 0.05) is 12.7 Å². The number of carbonyl (C=O) groups is 2. The molecule has 2 unspecified atom stereocenters. The van der Waals surface area contributed by atoms with E-state index in [-0.39, 0.29) is 11.9 Å². The minimum Gasteiger partial charge on any atom is -0.352 e. The van der Waals surface area contributed by atoms with E-state index in [0.717, 1.165) is 37.8 Å². The van der Waals surface area contributed by atoms with Crippen molar-refractivity contribution in [3.8, 4) is 0 Å². The molecule has 0 aliphatic carbocycles. The fourth-order valence-corrected chi connectivity index (χ4v) is 3.14. The van der Waals surface area contributed by atoms with Gasteiger partial charge in [-0.05, 0) is 31.7 Å². The molecule has 0 saturated carbocycles. The molecule has 128 valence electrons. The summed E-state index contributed by atoms with van der Waals surface area (Å²) in [5.74, 6) is -0.0244. The monoisotopic (exact) mass is 321 g/mol. The van der Waals surface area contributed by atoms with Gasteiger partial charge in [-0.3, -0.25) is 9.48 Å². The van der Waals surface area contributed by atoms with Crippen LogP contribution in [0.1, 0.15) is 44.6 Å². The number of primary amides is 1. The Morgan fingerprint density at radius 2 is 2.30 bits per heavy atom. The second-order valence-corrected chi connectivity index (χ2v) is 6.27. The molecular formula is C16H27N5O2. The molecule has 7 nitrogen and oxygen atoms in total. The predicted octanol–water partition coefficient (Wildman–Crippen LogP) is 1.41. The van der Waals surface area contributed by atoms with Crippen molar-refractivity contribution in [2.45, 2.75) is 64.6 Å². The Morgan fingerprint density at radius 1 is 1.52 bits per heavy atom. The van der Waals surface area contributed by atoms with Crippen molar-refractivity contribution < 1.29 is 9.59 Å². The van der Waals surface area contributed by atoms with E-state index in [0.29, 0.717) is 13.0 Å². The van der Waals surface area contributed by atoms with Gasteiger partial charge in [0.15, 0.2) is 0 Å². The van der Waals surface area contributed by atoms with E-state index >= 15 is 0 Å². The van der Waals surface area contributed by atoms with Crippen LogP contribution in [0.15, 0.2) is 12.4 Å². The molecular weight excluding hydrogens is 294 g/mol. The molecule has 1 aromatic heterocycles. The highest BCUT2D eigenvalue weighted by Gasteiger charge is 2.33. The molecule has 1 fully saturated rings. The molecule has 3 N–H and O–H groups in total. The number of rotatable bonds is 7. The third-order valence-corrected chi connectivity index (χ3v) is 4.28. The van der Waals surface area contributed by atoms with E-state index in [9.17, 15) is 9.59 Å². The first-order chi connectivity index (χ1) is 11.0. The lowest BCUT2D eigenvalue weighted by molar-refractivity contribution is -0.134. The van der Waals surface area contributed by atoms with Crippen LogP contribution in [0.4, 0.5) is 4.79 Å². The van der Waals surface area contributed by atoms with Gasteiger partial charge in [-0.15, -0.1) is 0 Å². The maximum absolute atomic E-state index is 12.8. The molecule has 1 aliphatic rings. The van der Waals surface area contributed by atoms with Crippen LogP contribution >= 0.6 is 0 Å².